The summed E-state index contributed by atoms with van der Waals surface area (Å²) in [5.74, 6) is 0.618. The van der Waals surface area contributed by atoms with Gasteiger partial charge in [-0.3, -0.25) is 0 Å². The summed E-state index contributed by atoms with van der Waals surface area (Å²) in [6, 6.07) is 66.3. The number of aryl methyl sites for hydroxylation is 2. The number of hydrogen-bond acceptors (Lipinski definition) is 2. The van der Waals surface area contributed by atoms with Crippen molar-refractivity contribution in [1.29, 1.82) is 0 Å². The van der Waals surface area contributed by atoms with Crippen molar-refractivity contribution in [2.24, 2.45) is 5.92 Å². The van der Waals surface area contributed by atoms with Crippen LogP contribution < -0.4 is 9.80 Å². The zero-order valence-electron chi connectivity index (χ0n) is 33.3. The second-order valence-corrected chi connectivity index (χ2v) is 16.0. The van der Waals surface area contributed by atoms with Crippen LogP contribution in [0.15, 0.2) is 169 Å². The summed E-state index contributed by atoms with van der Waals surface area (Å²) >= 11 is 0. The highest BCUT2D eigenvalue weighted by molar-refractivity contribution is 6.14. The lowest BCUT2D eigenvalue weighted by Crippen LogP contribution is -2.27. The van der Waals surface area contributed by atoms with E-state index in [9.17, 15) is 0 Å². The van der Waals surface area contributed by atoms with Crippen LogP contribution in [0.25, 0.3) is 39.4 Å². The lowest BCUT2D eigenvalue weighted by Gasteiger charge is -2.39. The van der Waals surface area contributed by atoms with Crippen molar-refractivity contribution < 1.29 is 0 Å². The Balaban J connectivity index is 1.00. The van der Waals surface area contributed by atoms with Gasteiger partial charge in [0.05, 0.1) is 11.4 Å². The lowest BCUT2D eigenvalue weighted by molar-refractivity contribution is 0.446. The normalized spacial score (nSPS) is 15.0. The van der Waals surface area contributed by atoms with Crippen LogP contribution in [0.1, 0.15) is 59.1 Å². The molecule has 0 bridgehead atoms. The molecule has 0 aliphatic heterocycles. The van der Waals surface area contributed by atoms with Crippen LogP contribution in [0.3, 0.4) is 0 Å². The Bertz CT molecular complexity index is 2770. The molecule has 2 aliphatic carbocycles. The molecule has 1 unspecified atom stereocenters. The van der Waals surface area contributed by atoms with E-state index in [1.165, 1.54) is 86.9 Å². The number of anilines is 5. The molecule has 8 aromatic carbocycles. The van der Waals surface area contributed by atoms with Crippen LogP contribution in [0.5, 0.6) is 0 Å². The highest BCUT2D eigenvalue weighted by Gasteiger charge is 2.32. The minimum Gasteiger partial charge on any atom is -0.310 e. The van der Waals surface area contributed by atoms with Gasteiger partial charge in [-0.05, 0) is 151 Å². The van der Waals surface area contributed by atoms with Crippen LogP contribution in [0.4, 0.5) is 28.4 Å². The van der Waals surface area contributed by atoms with E-state index in [0.717, 1.165) is 34.3 Å². The van der Waals surface area contributed by atoms with Gasteiger partial charge in [-0.2, -0.15) is 0 Å². The number of fused-ring (bicyclic) bond motifs is 4. The zero-order chi connectivity index (χ0) is 39.0. The highest BCUT2D eigenvalue weighted by atomic mass is 15.2. The van der Waals surface area contributed by atoms with Crippen molar-refractivity contribution >= 4 is 67.8 Å². The first-order valence-corrected chi connectivity index (χ1v) is 20.7. The number of allylic oxidation sites excluding steroid dienone is 1. The molecular weight excluding hydrogens is 701 g/mol. The van der Waals surface area contributed by atoms with Gasteiger partial charge in [-0.15, -0.1) is 0 Å². The van der Waals surface area contributed by atoms with Crippen LogP contribution in [0, 0.1) is 31.9 Å². The molecule has 2 nitrogen and oxygen atoms in total. The SMILES string of the molecule is Cc1ccc(N(C2=C3CCCCC3Cc3ccccc32)c2ccc(/C=C/c3ccc(N(c4ccccc4)c4c5cc#ccc5cc5ccccc45)c(C)c3)cc2)cc1. The molecule has 1 fully saturated rings. The second-order valence-electron chi connectivity index (χ2n) is 16.0. The van der Waals surface area contributed by atoms with Crippen molar-refractivity contribution in [3.63, 3.8) is 0 Å². The van der Waals surface area contributed by atoms with E-state index in [0.29, 0.717) is 5.92 Å². The molecule has 0 aromatic heterocycles. The second kappa shape index (κ2) is 15.3. The van der Waals surface area contributed by atoms with E-state index in [1.807, 2.05) is 6.07 Å². The smallest absolute Gasteiger partial charge is 0.0625 e. The first-order valence-electron chi connectivity index (χ1n) is 20.7. The van der Waals surface area contributed by atoms with Gasteiger partial charge in [0.25, 0.3) is 0 Å². The fourth-order valence-corrected chi connectivity index (χ4v) is 9.39. The molecule has 0 heterocycles. The third-order valence-electron chi connectivity index (χ3n) is 12.2. The van der Waals surface area contributed by atoms with Gasteiger partial charge in [-0.1, -0.05) is 133 Å². The topological polar surface area (TPSA) is 6.48 Å². The summed E-state index contributed by atoms with van der Waals surface area (Å²) in [4.78, 5) is 4.95. The van der Waals surface area contributed by atoms with E-state index in [1.54, 1.807) is 5.57 Å². The molecule has 280 valence electrons. The predicted octanol–water partition coefficient (Wildman–Crippen LogP) is 15.1. The van der Waals surface area contributed by atoms with E-state index >= 15 is 0 Å². The highest BCUT2D eigenvalue weighted by Crippen LogP contribution is 2.48. The third-order valence-corrected chi connectivity index (χ3v) is 12.2. The lowest BCUT2D eigenvalue weighted by atomic mass is 9.73. The molecular formula is C56H46N2. The summed E-state index contributed by atoms with van der Waals surface area (Å²) in [7, 11) is 0. The first-order chi connectivity index (χ1) is 28.6. The first kappa shape index (κ1) is 35.6. The molecule has 2 heteroatoms. The number of benzene rings is 7. The summed E-state index contributed by atoms with van der Waals surface area (Å²) < 4.78 is 0. The predicted molar refractivity (Wildman–Crippen MR) is 246 cm³/mol. The maximum absolute atomic E-state index is 3.24. The van der Waals surface area contributed by atoms with Gasteiger partial charge in [0.15, 0.2) is 0 Å². The summed E-state index contributed by atoms with van der Waals surface area (Å²) in [6.45, 7) is 4.39. The standard InChI is InChI=1S/C56H46N2/c1-39-24-31-48(32-25-39)57(55-50-20-10-6-14-43(50)37-44-15-7-11-21-51(44)55)49-33-28-41(29-34-49)26-27-42-30-35-54(40(2)36-42)58(47-18-4-3-5-19-47)56-52-22-12-8-16-45(52)38-46-17-9-13-23-53(46)56/h3-6,8,10,12,14,16-20,22-36,38,44H,7,11,15,21,37H2,1-2H3/b27-26+. The molecule has 2 aliphatic rings. The number of para-hydroxylation sites is 1. The Morgan fingerprint density at radius 1 is 0.569 bits per heavy atom. The fraction of sp³-hybridized carbons (Fsp3) is 0.143. The van der Waals surface area contributed by atoms with Crippen molar-refractivity contribution in [3.8, 4) is 0 Å². The Labute approximate surface area is 343 Å². The Morgan fingerprint density at radius 3 is 2.09 bits per heavy atom. The molecule has 0 N–H and O–H groups in total. The van der Waals surface area contributed by atoms with Crippen LogP contribution in [0.2, 0.25) is 0 Å². The molecule has 0 radical (unpaired) electrons. The quantitative estimate of drug-likeness (QED) is 0.143. The summed E-state index contributed by atoms with van der Waals surface area (Å²) in [5.41, 5.74) is 16.5. The van der Waals surface area contributed by atoms with Gasteiger partial charge in [0.2, 0.25) is 0 Å². The van der Waals surface area contributed by atoms with Gasteiger partial charge in [0, 0.05) is 39.1 Å². The van der Waals surface area contributed by atoms with E-state index in [4.69, 9.17) is 0 Å². The maximum atomic E-state index is 3.24. The van der Waals surface area contributed by atoms with Crippen molar-refractivity contribution in [2.75, 3.05) is 9.80 Å². The number of rotatable bonds is 8. The molecule has 10 rings (SSSR count). The minimum atomic E-state index is 0.618. The molecule has 1 saturated carbocycles. The monoisotopic (exact) mass is 746 g/mol. The molecule has 58 heavy (non-hydrogen) atoms. The molecule has 1 atom stereocenters. The third kappa shape index (κ3) is 6.63. The average Bonchev–Trinajstić information content (AvgIpc) is 3.27. The van der Waals surface area contributed by atoms with Gasteiger partial charge >= 0.3 is 0 Å². The fourth-order valence-electron chi connectivity index (χ4n) is 9.39. The van der Waals surface area contributed by atoms with Crippen LogP contribution in [-0.2, 0) is 6.42 Å². The van der Waals surface area contributed by atoms with Crippen LogP contribution >= 0.6 is 0 Å². The Morgan fingerprint density at radius 2 is 1.26 bits per heavy atom. The molecule has 8 aromatic rings. The molecule has 0 amide bonds. The van der Waals surface area contributed by atoms with Crippen LogP contribution in [-0.4, -0.2) is 0 Å². The van der Waals surface area contributed by atoms with Gasteiger partial charge < -0.3 is 9.80 Å². The summed E-state index contributed by atoms with van der Waals surface area (Å²) in [6.07, 6.45) is 10.7. The van der Waals surface area contributed by atoms with E-state index in [2.05, 4.69) is 206 Å². The largest absolute Gasteiger partial charge is 0.310 e. The Kier molecular flexibility index (Phi) is 9.36. The number of nitrogens with zero attached hydrogens (tertiary/aromatic N) is 2. The summed E-state index contributed by atoms with van der Waals surface area (Å²) in [5, 5.41) is 4.71. The average molecular weight is 747 g/mol. The van der Waals surface area contributed by atoms with E-state index in [-0.39, 0.29) is 0 Å². The molecule has 0 spiro atoms. The van der Waals surface area contributed by atoms with E-state index < -0.39 is 0 Å². The zero-order valence-corrected chi connectivity index (χ0v) is 33.3. The number of hydrogen-bond donors (Lipinski definition) is 0. The molecule has 0 saturated heterocycles. The van der Waals surface area contributed by atoms with Crippen molar-refractivity contribution in [1.82, 2.24) is 0 Å². The van der Waals surface area contributed by atoms with Gasteiger partial charge in [0.1, 0.15) is 0 Å². The van der Waals surface area contributed by atoms with Crippen molar-refractivity contribution in [3.05, 3.63) is 215 Å². The van der Waals surface area contributed by atoms with Crippen molar-refractivity contribution in [2.45, 2.75) is 46.0 Å². The van der Waals surface area contributed by atoms with Gasteiger partial charge in [-0.25, -0.2) is 0 Å². The minimum absolute atomic E-state index is 0.618. The maximum Gasteiger partial charge on any atom is 0.0625 e. The Hall–Kier alpha value is -6.82.